The van der Waals surface area contributed by atoms with Crippen molar-refractivity contribution < 1.29 is 22.3 Å². The summed E-state index contributed by atoms with van der Waals surface area (Å²) >= 11 is 0. The standard InChI is InChI=1S/C38H42F4N8O/c1-19-17-49(18-20(2)51-19)36-26(41)11-21(12-27(36)42)50-34(22-13-30-32(15-24(22)39)47-37(45-30)28-5-3-9-43-28)7-8-35(50)23-14-31-33(16-25(23)40)48-38(46-31)29-6-4-10-44-29/h11-16,19-20,28-29,34-35,43-44H,3-10,17-18H2,1-2H3,(H,45,47)(H,46,48)/t19-,20+,28-,29-,34+,35+/m0/s1. The lowest BCUT2D eigenvalue weighted by molar-refractivity contribution is -0.00558. The molecule has 0 spiro atoms. The summed E-state index contributed by atoms with van der Waals surface area (Å²) in [6.07, 6.45) is 4.41. The SMILES string of the molecule is C[C@@H]1CN(c2c(F)cc(N3[C@@H](c4cc5[nH]c([C@@H]6CCCN6)nc5cc4F)CC[C@@H]3c3cc4[nH]c([C@@H]5CCCN5)nc4cc3F)cc2F)C[C@H](C)O1. The molecule has 0 bridgehead atoms. The Kier molecular flexibility index (Phi) is 8.19. The molecular formula is C38H42F4N8O. The van der Waals surface area contributed by atoms with Crippen LogP contribution in [0.1, 0.15) is 99.3 Å². The number of nitrogens with one attached hydrogen (secondary N) is 4. The molecular weight excluding hydrogens is 660 g/mol. The Labute approximate surface area is 293 Å². The van der Waals surface area contributed by atoms with Gasteiger partial charge in [-0.15, -0.1) is 0 Å². The predicted octanol–water partition coefficient (Wildman–Crippen LogP) is 7.54. The molecule has 6 heterocycles. The number of hydrogen-bond donors (Lipinski definition) is 4. The number of anilines is 2. The summed E-state index contributed by atoms with van der Waals surface area (Å²) < 4.78 is 70.6. The van der Waals surface area contributed by atoms with Crippen LogP contribution in [-0.2, 0) is 4.74 Å². The molecule has 0 radical (unpaired) electrons. The minimum atomic E-state index is -0.730. The van der Waals surface area contributed by atoms with Crippen molar-refractivity contribution >= 4 is 33.4 Å². The molecule has 3 aromatic carbocycles. The van der Waals surface area contributed by atoms with Gasteiger partial charge in [0.1, 0.15) is 29.0 Å². The number of aromatic amines is 2. The summed E-state index contributed by atoms with van der Waals surface area (Å²) in [6, 6.07) is 7.83. The zero-order valence-corrected chi connectivity index (χ0v) is 28.7. The molecule has 4 fully saturated rings. The molecule has 4 aliphatic rings. The van der Waals surface area contributed by atoms with Gasteiger partial charge in [0.2, 0.25) is 0 Å². The number of morpholine rings is 1. The van der Waals surface area contributed by atoms with E-state index in [0.717, 1.165) is 50.4 Å². The molecule has 0 saturated carbocycles. The predicted molar refractivity (Wildman–Crippen MR) is 188 cm³/mol. The summed E-state index contributed by atoms with van der Waals surface area (Å²) in [7, 11) is 0. The molecule has 4 N–H and O–H groups in total. The number of aromatic nitrogens is 4. The second-order valence-electron chi connectivity index (χ2n) is 14.8. The number of H-pyrrole nitrogens is 2. The Morgan fingerprint density at radius 1 is 0.647 bits per heavy atom. The third-order valence-corrected chi connectivity index (χ3v) is 11.2. The number of rotatable bonds is 6. The molecule has 2 aromatic heterocycles. The van der Waals surface area contributed by atoms with Crippen molar-refractivity contribution in [2.45, 2.75) is 88.7 Å². The normalized spacial score (nSPS) is 27.1. The van der Waals surface area contributed by atoms with Crippen molar-refractivity contribution in [1.82, 2.24) is 30.6 Å². The van der Waals surface area contributed by atoms with Gasteiger partial charge < -0.3 is 35.1 Å². The number of nitrogens with zero attached hydrogens (tertiary/aromatic N) is 4. The maximum Gasteiger partial charge on any atom is 0.151 e. The fraction of sp³-hybridized carbons (Fsp3) is 0.474. The van der Waals surface area contributed by atoms with Crippen LogP contribution in [0.3, 0.4) is 0 Å². The van der Waals surface area contributed by atoms with Gasteiger partial charge in [-0.3, -0.25) is 0 Å². The molecule has 0 unspecified atom stereocenters. The van der Waals surface area contributed by atoms with Gasteiger partial charge in [-0.05, 0) is 89.7 Å². The maximum atomic E-state index is 16.2. The van der Waals surface area contributed by atoms with E-state index in [-0.39, 0.29) is 35.7 Å². The van der Waals surface area contributed by atoms with Crippen molar-refractivity contribution in [2.75, 3.05) is 36.0 Å². The van der Waals surface area contributed by atoms with E-state index in [2.05, 4.69) is 30.6 Å². The highest BCUT2D eigenvalue weighted by atomic mass is 19.1. The smallest absolute Gasteiger partial charge is 0.151 e. The Balaban J connectivity index is 1.14. The van der Waals surface area contributed by atoms with E-state index in [1.807, 2.05) is 13.8 Å². The third-order valence-electron chi connectivity index (χ3n) is 11.2. The fourth-order valence-corrected chi connectivity index (χ4v) is 8.96. The van der Waals surface area contributed by atoms with Crippen LogP contribution in [0.5, 0.6) is 0 Å². The minimum Gasteiger partial charge on any atom is -0.372 e. The van der Waals surface area contributed by atoms with E-state index in [1.54, 1.807) is 21.9 Å². The van der Waals surface area contributed by atoms with Crippen molar-refractivity contribution in [2.24, 2.45) is 0 Å². The molecule has 0 aliphatic carbocycles. The van der Waals surface area contributed by atoms with Crippen LogP contribution < -0.4 is 20.4 Å². The quantitative estimate of drug-likeness (QED) is 0.136. The maximum absolute atomic E-state index is 16.2. The van der Waals surface area contributed by atoms with E-state index < -0.39 is 35.4 Å². The number of ether oxygens (including phenoxy) is 1. The Hall–Kier alpha value is -4.20. The lowest BCUT2D eigenvalue weighted by Gasteiger charge is -2.38. The molecule has 13 heteroatoms. The summed E-state index contributed by atoms with van der Waals surface area (Å²) in [5.74, 6) is -0.882. The van der Waals surface area contributed by atoms with Crippen LogP contribution in [0.2, 0.25) is 0 Å². The number of hydrogen-bond acceptors (Lipinski definition) is 7. The summed E-state index contributed by atoms with van der Waals surface area (Å²) in [4.78, 5) is 19.6. The first-order valence-electron chi connectivity index (χ1n) is 18.2. The number of benzene rings is 3. The molecule has 9 nitrogen and oxygen atoms in total. The second-order valence-corrected chi connectivity index (χ2v) is 14.8. The lowest BCUT2D eigenvalue weighted by Crippen LogP contribution is -2.46. The van der Waals surface area contributed by atoms with Crippen molar-refractivity contribution in [3.05, 3.63) is 82.4 Å². The minimum absolute atomic E-state index is 0.0727. The largest absolute Gasteiger partial charge is 0.372 e. The van der Waals surface area contributed by atoms with E-state index in [9.17, 15) is 0 Å². The van der Waals surface area contributed by atoms with Gasteiger partial charge in [-0.25, -0.2) is 27.5 Å². The molecule has 0 amide bonds. The van der Waals surface area contributed by atoms with E-state index >= 15 is 17.6 Å². The highest BCUT2D eigenvalue weighted by Gasteiger charge is 2.40. The van der Waals surface area contributed by atoms with Gasteiger partial charge >= 0.3 is 0 Å². The molecule has 4 saturated heterocycles. The van der Waals surface area contributed by atoms with Gasteiger partial charge in [0.05, 0.1) is 58.4 Å². The van der Waals surface area contributed by atoms with Crippen molar-refractivity contribution in [3.63, 3.8) is 0 Å². The van der Waals surface area contributed by atoms with Gasteiger partial charge in [0.15, 0.2) is 11.6 Å². The highest BCUT2D eigenvalue weighted by Crippen LogP contribution is 2.50. The summed E-state index contributed by atoms with van der Waals surface area (Å²) in [5, 5.41) is 6.85. The summed E-state index contributed by atoms with van der Waals surface area (Å²) in [5.41, 5.74) is 3.20. The molecule has 9 rings (SSSR count). The topological polar surface area (TPSA) is 97.1 Å². The Morgan fingerprint density at radius 3 is 1.59 bits per heavy atom. The zero-order valence-electron chi connectivity index (χ0n) is 28.7. The molecule has 51 heavy (non-hydrogen) atoms. The van der Waals surface area contributed by atoms with Gasteiger partial charge in [-0.1, -0.05) is 0 Å². The molecule has 5 aromatic rings. The summed E-state index contributed by atoms with van der Waals surface area (Å²) in [6.45, 7) is 6.23. The van der Waals surface area contributed by atoms with Gasteiger partial charge in [0, 0.05) is 42.0 Å². The zero-order chi connectivity index (χ0) is 35.0. The molecule has 4 aliphatic heterocycles. The highest BCUT2D eigenvalue weighted by molar-refractivity contribution is 5.78. The van der Waals surface area contributed by atoms with E-state index in [4.69, 9.17) is 4.74 Å². The van der Waals surface area contributed by atoms with E-state index in [1.165, 1.54) is 24.3 Å². The lowest BCUT2D eigenvalue weighted by atomic mass is 10.0. The van der Waals surface area contributed by atoms with Gasteiger partial charge in [-0.2, -0.15) is 0 Å². The first-order valence-corrected chi connectivity index (χ1v) is 18.2. The van der Waals surface area contributed by atoms with Crippen LogP contribution in [0.15, 0.2) is 36.4 Å². The Morgan fingerprint density at radius 2 is 1.14 bits per heavy atom. The van der Waals surface area contributed by atoms with Crippen LogP contribution in [0.25, 0.3) is 22.1 Å². The van der Waals surface area contributed by atoms with Crippen LogP contribution in [-0.4, -0.2) is 58.3 Å². The first-order chi connectivity index (χ1) is 24.7. The van der Waals surface area contributed by atoms with Crippen molar-refractivity contribution in [1.29, 1.82) is 0 Å². The van der Waals surface area contributed by atoms with Crippen LogP contribution >= 0.6 is 0 Å². The first kappa shape index (κ1) is 32.7. The second kappa shape index (κ2) is 12.8. The molecule has 6 atom stereocenters. The monoisotopic (exact) mass is 702 g/mol. The third kappa shape index (κ3) is 5.83. The van der Waals surface area contributed by atoms with Crippen molar-refractivity contribution in [3.8, 4) is 0 Å². The fourth-order valence-electron chi connectivity index (χ4n) is 8.96. The number of halogens is 4. The number of fused-ring (bicyclic) bond motifs is 2. The average Bonchev–Trinajstić information content (AvgIpc) is 3.92. The average molecular weight is 703 g/mol. The van der Waals surface area contributed by atoms with Gasteiger partial charge in [0.25, 0.3) is 0 Å². The van der Waals surface area contributed by atoms with E-state index in [0.29, 0.717) is 59.1 Å². The number of imidazole rings is 2. The Bertz CT molecular complexity index is 1960. The van der Waals surface area contributed by atoms with Crippen LogP contribution in [0, 0.1) is 23.3 Å². The molecule has 268 valence electrons. The van der Waals surface area contributed by atoms with Crippen LogP contribution in [0.4, 0.5) is 28.9 Å².